The summed E-state index contributed by atoms with van der Waals surface area (Å²) in [4.78, 5) is 1.39. The monoisotopic (exact) mass is 359 g/mol. The number of hydrogen-bond acceptors (Lipinski definition) is 2. The quantitative estimate of drug-likeness (QED) is 0.632. The minimum Gasteiger partial charge on any atom is -0.306 e. The predicted octanol–water partition coefficient (Wildman–Crippen LogP) is 5.67. The Hall–Kier alpha value is -1.16. The van der Waals surface area contributed by atoms with Crippen molar-refractivity contribution in [3.05, 3.63) is 68.3 Å². The lowest BCUT2D eigenvalue weighted by molar-refractivity contribution is 0.630. The standard InChI is InChI=1S/C18H18BrNS/c1-3-20-18(17-8-9-21-12(17)2)15-5-4-14-11-16(19)7-6-13(14)10-15/h4-11,18,20H,3H2,1-2H3. The number of hydrogen-bond donors (Lipinski definition) is 1. The van der Waals surface area contributed by atoms with Gasteiger partial charge in [-0.2, -0.15) is 0 Å². The Morgan fingerprint density at radius 3 is 2.57 bits per heavy atom. The Balaban J connectivity index is 2.07. The molecule has 0 aliphatic rings. The summed E-state index contributed by atoms with van der Waals surface area (Å²) in [7, 11) is 0. The zero-order chi connectivity index (χ0) is 14.8. The molecule has 1 unspecified atom stereocenters. The van der Waals surface area contributed by atoms with Crippen LogP contribution in [0.5, 0.6) is 0 Å². The molecule has 21 heavy (non-hydrogen) atoms. The maximum Gasteiger partial charge on any atom is 0.0587 e. The second-order valence-electron chi connectivity index (χ2n) is 5.17. The van der Waals surface area contributed by atoms with Gasteiger partial charge in [-0.05, 0) is 65.0 Å². The average Bonchev–Trinajstić information content (AvgIpc) is 2.90. The summed E-state index contributed by atoms with van der Waals surface area (Å²) in [5.41, 5.74) is 2.71. The molecule has 1 aromatic heterocycles. The number of benzene rings is 2. The van der Waals surface area contributed by atoms with Crippen molar-refractivity contribution in [3.8, 4) is 0 Å². The van der Waals surface area contributed by atoms with E-state index in [1.807, 2.05) is 11.3 Å². The molecular formula is C18H18BrNS. The molecule has 108 valence electrons. The third-order valence-corrected chi connectivity index (χ3v) is 5.13. The molecule has 0 radical (unpaired) electrons. The molecular weight excluding hydrogens is 342 g/mol. The third kappa shape index (κ3) is 3.05. The number of thiophene rings is 1. The molecule has 0 saturated heterocycles. The van der Waals surface area contributed by atoms with Gasteiger partial charge in [-0.25, -0.2) is 0 Å². The van der Waals surface area contributed by atoms with Crippen LogP contribution in [-0.2, 0) is 0 Å². The Kier molecular flexibility index (Phi) is 4.43. The maximum absolute atomic E-state index is 3.62. The summed E-state index contributed by atoms with van der Waals surface area (Å²) in [6.45, 7) is 5.31. The van der Waals surface area contributed by atoms with Crippen molar-refractivity contribution in [2.45, 2.75) is 19.9 Å². The zero-order valence-corrected chi connectivity index (χ0v) is 14.6. The van der Waals surface area contributed by atoms with Gasteiger partial charge in [0.15, 0.2) is 0 Å². The molecule has 0 aliphatic heterocycles. The molecule has 0 spiro atoms. The van der Waals surface area contributed by atoms with E-state index in [2.05, 4.69) is 82.9 Å². The van der Waals surface area contributed by atoms with Crippen molar-refractivity contribution in [1.82, 2.24) is 5.32 Å². The lowest BCUT2D eigenvalue weighted by Crippen LogP contribution is -2.22. The lowest BCUT2D eigenvalue weighted by Gasteiger charge is -2.19. The maximum atomic E-state index is 3.62. The van der Waals surface area contributed by atoms with Gasteiger partial charge in [0, 0.05) is 9.35 Å². The van der Waals surface area contributed by atoms with Crippen LogP contribution in [0.3, 0.4) is 0 Å². The topological polar surface area (TPSA) is 12.0 Å². The molecule has 2 aromatic carbocycles. The van der Waals surface area contributed by atoms with Crippen molar-refractivity contribution >= 4 is 38.0 Å². The Bertz CT molecular complexity index is 763. The van der Waals surface area contributed by atoms with Crippen molar-refractivity contribution in [3.63, 3.8) is 0 Å². The number of fused-ring (bicyclic) bond motifs is 1. The largest absolute Gasteiger partial charge is 0.306 e. The zero-order valence-electron chi connectivity index (χ0n) is 12.2. The first-order valence-electron chi connectivity index (χ1n) is 7.15. The average molecular weight is 360 g/mol. The minimum atomic E-state index is 0.272. The van der Waals surface area contributed by atoms with E-state index in [1.54, 1.807) is 0 Å². The molecule has 0 aliphatic carbocycles. The van der Waals surface area contributed by atoms with Crippen LogP contribution in [0.4, 0.5) is 0 Å². The van der Waals surface area contributed by atoms with Crippen molar-refractivity contribution in [1.29, 1.82) is 0 Å². The van der Waals surface area contributed by atoms with Crippen LogP contribution >= 0.6 is 27.3 Å². The smallest absolute Gasteiger partial charge is 0.0587 e. The van der Waals surface area contributed by atoms with Crippen molar-refractivity contribution in [2.24, 2.45) is 0 Å². The number of nitrogens with one attached hydrogen (secondary N) is 1. The minimum absolute atomic E-state index is 0.272. The van der Waals surface area contributed by atoms with Crippen LogP contribution in [0.15, 0.2) is 52.3 Å². The predicted molar refractivity (Wildman–Crippen MR) is 96.2 cm³/mol. The molecule has 0 amide bonds. The van der Waals surface area contributed by atoms with E-state index in [0.717, 1.165) is 11.0 Å². The third-order valence-electron chi connectivity index (χ3n) is 3.78. The fourth-order valence-electron chi connectivity index (χ4n) is 2.72. The highest BCUT2D eigenvalue weighted by Gasteiger charge is 2.16. The Morgan fingerprint density at radius 1 is 1.10 bits per heavy atom. The summed E-state index contributed by atoms with van der Waals surface area (Å²) in [6, 6.07) is 15.7. The molecule has 1 heterocycles. The first kappa shape index (κ1) is 14.8. The van der Waals surface area contributed by atoms with E-state index in [-0.39, 0.29) is 6.04 Å². The highest BCUT2D eigenvalue weighted by Crippen LogP contribution is 2.30. The van der Waals surface area contributed by atoms with Crippen molar-refractivity contribution < 1.29 is 0 Å². The Labute approximate surface area is 138 Å². The van der Waals surface area contributed by atoms with Gasteiger partial charge in [-0.3, -0.25) is 0 Å². The molecule has 0 bridgehead atoms. The Morgan fingerprint density at radius 2 is 1.86 bits per heavy atom. The van der Waals surface area contributed by atoms with Gasteiger partial charge in [0.25, 0.3) is 0 Å². The van der Waals surface area contributed by atoms with Gasteiger partial charge < -0.3 is 5.32 Å². The number of halogens is 1. The lowest BCUT2D eigenvalue weighted by atomic mass is 9.96. The van der Waals surface area contributed by atoms with E-state index in [0.29, 0.717) is 0 Å². The number of aryl methyl sites for hydroxylation is 1. The molecule has 1 nitrogen and oxygen atoms in total. The van der Waals surface area contributed by atoms with Crippen LogP contribution in [0.25, 0.3) is 10.8 Å². The fourth-order valence-corrected chi connectivity index (χ4v) is 3.84. The molecule has 1 N–H and O–H groups in total. The van der Waals surface area contributed by atoms with Gasteiger partial charge in [-0.1, -0.05) is 41.1 Å². The van der Waals surface area contributed by atoms with Gasteiger partial charge in [0.1, 0.15) is 0 Å². The van der Waals surface area contributed by atoms with E-state index in [4.69, 9.17) is 0 Å². The van der Waals surface area contributed by atoms with Crippen LogP contribution in [0.2, 0.25) is 0 Å². The molecule has 1 atom stereocenters. The van der Waals surface area contributed by atoms with E-state index in [1.165, 1.54) is 26.8 Å². The van der Waals surface area contributed by atoms with Crippen LogP contribution in [0, 0.1) is 6.92 Å². The molecule has 3 aromatic rings. The van der Waals surface area contributed by atoms with Crippen LogP contribution < -0.4 is 5.32 Å². The van der Waals surface area contributed by atoms with Gasteiger partial charge in [-0.15, -0.1) is 11.3 Å². The first-order chi connectivity index (χ1) is 10.2. The molecule has 0 saturated carbocycles. The molecule has 0 fully saturated rings. The summed E-state index contributed by atoms with van der Waals surface area (Å²) in [5.74, 6) is 0. The molecule has 3 rings (SSSR count). The summed E-state index contributed by atoms with van der Waals surface area (Å²) in [6.07, 6.45) is 0. The highest BCUT2D eigenvalue weighted by atomic mass is 79.9. The molecule has 3 heteroatoms. The van der Waals surface area contributed by atoms with E-state index >= 15 is 0 Å². The summed E-state index contributed by atoms with van der Waals surface area (Å²) >= 11 is 5.35. The second-order valence-corrected chi connectivity index (χ2v) is 7.21. The summed E-state index contributed by atoms with van der Waals surface area (Å²) < 4.78 is 1.12. The first-order valence-corrected chi connectivity index (χ1v) is 8.83. The van der Waals surface area contributed by atoms with Crippen LogP contribution in [-0.4, -0.2) is 6.54 Å². The normalized spacial score (nSPS) is 12.7. The summed E-state index contributed by atoms with van der Waals surface area (Å²) in [5, 5.41) is 8.34. The van der Waals surface area contributed by atoms with Gasteiger partial charge >= 0.3 is 0 Å². The van der Waals surface area contributed by atoms with E-state index in [9.17, 15) is 0 Å². The van der Waals surface area contributed by atoms with Crippen LogP contribution in [0.1, 0.15) is 29.0 Å². The highest BCUT2D eigenvalue weighted by molar-refractivity contribution is 9.10. The van der Waals surface area contributed by atoms with Gasteiger partial charge in [0.05, 0.1) is 6.04 Å². The fraction of sp³-hybridized carbons (Fsp3) is 0.222. The van der Waals surface area contributed by atoms with E-state index < -0.39 is 0 Å². The number of rotatable bonds is 4. The second kappa shape index (κ2) is 6.30. The van der Waals surface area contributed by atoms with Crippen molar-refractivity contribution in [2.75, 3.05) is 6.54 Å². The van der Waals surface area contributed by atoms with Gasteiger partial charge in [0.2, 0.25) is 0 Å². The SMILES string of the molecule is CCNC(c1ccc2cc(Br)ccc2c1)c1ccsc1C.